The molecule has 2 heterocycles. The Hall–Kier alpha value is -2.30. The van der Waals surface area contributed by atoms with E-state index in [-0.39, 0.29) is 5.56 Å². The minimum Gasteiger partial charge on any atom is -0.478 e. The summed E-state index contributed by atoms with van der Waals surface area (Å²) in [6.07, 6.45) is 2.67. The van der Waals surface area contributed by atoms with Gasteiger partial charge in [-0.05, 0) is 42.1 Å². The fraction of sp³-hybridized carbons (Fsp3) is 0.211. The summed E-state index contributed by atoms with van der Waals surface area (Å²) in [5, 5.41) is 14.0. The lowest BCUT2D eigenvalue weighted by atomic mass is 9.95. The van der Waals surface area contributed by atoms with Gasteiger partial charge in [0.2, 0.25) is 0 Å². The molecule has 1 atom stereocenters. The highest BCUT2D eigenvalue weighted by Gasteiger charge is 2.17. The average molecular weight is 341 g/mol. The number of nitrogens with one attached hydrogen (secondary N) is 2. The van der Waals surface area contributed by atoms with Crippen LogP contribution in [-0.2, 0) is 0 Å². The van der Waals surface area contributed by atoms with Crippen molar-refractivity contribution in [1.82, 2.24) is 10.3 Å². The average Bonchev–Trinajstić information content (AvgIpc) is 3.23. The van der Waals surface area contributed by atoms with Gasteiger partial charge >= 0.3 is 5.97 Å². The number of H-pyrrole nitrogens is 1. The Morgan fingerprint density at radius 2 is 2.00 bits per heavy atom. The van der Waals surface area contributed by atoms with Crippen LogP contribution in [0, 0.1) is 0 Å². The highest BCUT2D eigenvalue weighted by molar-refractivity contribution is 6.34. The van der Waals surface area contributed by atoms with Crippen molar-refractivity contribution in [2.24, 2.45) is 0 Å². The molecule has 1 aromatic heterocycles. The summed E-state index contributed by atoms with van der Waals surface area (Å²) >= 11 is 6.42. The molecule has 0 aliphatic carbocycles. The van der Waals surface area contributed by atoms with Crippen LogP contribution in [0.4, 0.5) is 0 Å². The summed E-state index contributed by atoms with van der Waals surface area (Å²) in [6, 6.07) is 12.0. The number of halogens is 1. The van der Waals surface area contributed by atoms with Gasteiger partial charge in [0.15, 0.2) is 0 Å². The molecule has 0 bridgehead atoms. The molecule has 4 nitrogen and oxygen atoms in total. The van der Waals surface area contributed by atoms with Gasteiger partial charge in [0.05, 0.1) is 10.6 Å². The zero-order valence-electron chi connectivity index (χ0n) is 13.0. The van der Waals surface area contributed by atoms with Crippen LogP contribution in [-0.4, -0.2) is 29.1 Å². The van der Waals surface area contributed by atoms with Crippen LogP contribution in [0.5, 0.6) is 0 Å². The number of benzene rings is 2. The third-order valence-corrected chi connectivity index (χ3v) is 5.07. The molecular formula is C19H17ClN2O2. The number of aromatic amines is 1. The Bertz CT molecular complexity index is 909. The minimum absolute atomic E-state index is 0.261. The summed E-state index contributed by atoms with van der Waals surface area (Å²) in [6.45, 7) is 2.09. The first-order valence-corrected chi connectivity index (χ1v) is 8.36. The van der Waals surface area contributed by atoms with Gasteiger partial charge in [-0.25, -0.2) is 4.79 Å². The number of aromatic nitrogens is 1. The van der Waals surface area contributed by atoms with Crippen molar-refractivity contribution in [3.63, 3.8) is 0 Å². The van der Waals surface area contributed by atoms with Crippen LogP contribution < -0.4 is 5.32 Å². The minimum atomic E-state index is -0.946. The molecule has 0 saturated carbocycles. The monoisotopic (exact) mass is 340 g/mol. The first-order chi connectivity index (χ1) is 11.6. The van der Waals surface area contributed by atoms with Crippen LogP contribution >= 0.6 is 11.6 Å². The summed E-state index contributed by atoms with van der Waals surface area (Å²) < 4.78 is 0. The Kier molecular flexibility index (Phi) is 3.79. The fourth-order valence-electron chi connectivity index (χ4n) is 3.42. The fourth-order valence-corrected chi connectivity index (χ4v) is 3.69. The Balaban J connectivity index is 1.76. The Morgan fingerprint density at radius 1 is 1.21 bits per heavy atom. The molecule has 0 spiro atoms. The second kappa shape index (κ2) is 5.96. The van der Waals surface area contributed by atoms with Crippen molar-refractivity contribution in [1.29, 1.82) is 0 Å². The predicted octanol–water partition coefficient (Wildman–Crippen LogP) is 4.26. The van der Waals surface area contributed by atoms with Gasteiger partial charge in [-0.3, -0.25) is 0 Å². The van der Waals surface area contributed by atoms with Gasteiger partial charge < -0.3 is 15.4 Å². The Morgan fingerprint density at radius 3 is 2.67 bits per heavy atom. The first-order valence-electron chi connectivity index (χ1n) is 7.98. The smallest absolute Gasteiger partial charge is 0.337 e. The van der Waals surface area contributed by atoms with E-state index in [0.717, 1.165) is 36.2 Å². The van der Waals surface area contributed by atoms with Gasteiger partial charge in [-0.15, -0.1) is 0 Å². The molecule has 24 heavy (non-hydrogen) atoms. The van der Waals surface area contributed by atoms with E-state index in [9.17, 15) is 9.90 Å². The van der Waals surface area contributed by atoms with Crippen molar-refractivity contribution in [2.75, 3.05) is 13.1 Å². The molecule has 3 aromatic rings. The van der Waals surface area contributed by atoms with E-state index in [4.69, 9.17) is 11.6 Å². The van der Waals surface area contributed by atoms with E-state index in [2.05, 4.69) is 34.6 Å². The third kappa shape index (κ3) is 2.58. The van der Waals surface area contributed by atoms with Crippen molar-refractivity contribution in [3.8, 4) is 11.1 Å². The van der Waals surface area contributed by atoms with Crippen molar-refractivity contribution in [2.45, 2.75) is 12.3 Å². The van der Waals surface area contributed by atoms with E-state index < -0.39 is 5.97 Å². The van der Waals surface area contributed by atoms with Crippen LogP contribution in [0.3, 0.4) is 0 Å². The van der Waals surface area contributed by atoms with Gasteiger partial charge in [-0.1, -0.05) is 35.9 Å². The first kappa shape index (κ1) is 15.2. The molecule has 5 heteroatoms. The van der Waals surface area contributed by atoms with E-state index in [1.807, 2.05) is 6.07 Å². The van der Waals surface area contributed by atoms with Crippen molar-refractivity contribution in [3.05, 3.63) is 58.7 Å². The number of carboxylic acids is 1. The molecule has 0 unspecified atom stereocenters. The normalized spacial score (nSPS) is 17.5. The number of fused-ring (bicyclic) bond motifs is 1. The van der Waals surface area contributed by atoms with Crippen LogP contribution in [0.1, 0.15) is 28.3 Å². The molecule has 4 rings (SSSR count). The zero-order chi connectivity index (χ0) is 16.7. The molecule has 1 fully saturated rings. The third-order valence-electron chi connectivity index (χ3n) is 4.75. The number of carbonyl (C=O) groups is 1. The van der Waals surface area contributed by atoms with Crippen LogP contribution in [0.2, 0.25) is 5.02 Å². The largest absolute Gasteiger partial charge is 0.478 e. The van der Waals surface area contributed by atoms with E-state index in [1.54, 1.807) is 6.07 Å². The number of carboxylic acid groups (broad SMARTS) is 1. The highest BCUT2D eigenvalue weighted by atomic mass is 35.5. The summed E-state index contributed by atoms with van der Waals surface area (Å²) in [4.78, 5) is 14.3. The van der Waals surface area contributed by atoms with Gasteiger partial charge in [0, 0.05) is 29.2 Å². The number of rotatable bonds is 3. The maximum Gasteiger partial charge on any atom is 0.337 e. The molecule has 2 aromatic carbocycles. The lowest BCUT2D eigenvalue weighted by molar-refractivity contribution is 0.0699. The second-order valence-electron chi connectivity index (χ2n) is 6.20. The lowest BCUT2D eigenvalue weighted by Gasteiger charge is -2.11. The summed E-state index contributed by atoms with van der Waals surface area (Å²) in [7, 11) is 0. The van der Waals surface area contributed by atoms with Crippen LogP contribution in [0.25, 0.3) is 22.0 Å². The molecule has 3 N–H and O–H groups in total. The zero-order valence-corrected chi connectivity index (χ0v) is 13.7. The Labute approximate surface area is 144 Å². The molecular weight excluding hydrogens is 324 g/mol. The number of hydrogen-bond acceptors (Lipinski definition) is 2. The predicted molar refractivity (Wildman–Crippen MR) is 95.9 cm³/mol. The number of aromatic carboxylic acids is 1. The van der Waals surface area contributed by atoms with Crippen molar-refractivity contribution < 1.29 is 9.90 Å². The second-order valence-corrected chi connectivity index (χ2v) is 6.60. The summed E-state index contributed by atoms with van der Waals surface area (Å²) in [5.41, 5.74) is 4.16. The highest BCUT2D eigenvalue weighted by Crippen LogP contribution is 2.34. The lowest BCUT2D eigenvalue weighted by Crippen LogP contribution is -2.07. The maximum atomic E-state index is 11.3. The van der Waals surface area contributed by atoms with Crippen LogP contribution in [0.15, 0.2) is 42.6 Å². The SMILES string of the molecule is O=C(O)c1c[nH]c2cc(Cl)c(-c3ccc([C@@H]4CCNC4)cc3)cc12. The quantitative estimate of drug-likeness (QED) is 0.667. The molecule has 0 amide bonds. The van der Waals surface area contributed by atoms with Gasteiger partial charge in [0.25, 0.3) is 0 Å². The van der Waals surface area contributed by atoms with E-state index in [0.29, 0.717) is 16.3 Å². The maximum absolute atomic E-state index is 11.3. The molecule has 1 saturated heterocycles. The topological polar surface area (TPSA) is 65.1 Å². The molecule has 1 aliphatic heterocycles. The molecule has 122 valence electrons. The number of hydrogen-bond donors (Lipinski definition) is 3. The van der Waals surface area contributed by atoms with Gasteiger partial charge in [0.1, 0.15) is 0 Å². The summed E-state index contributed by atoms with van der Waals surface area (Å²) in [5.74, 6) is -0.376. The van der Waals surface area contributed by atoms with Crippen molar-refractivity contribution >= 4 is 28.5 Å². The van der Waals surface area contributed by atoms with Gasteiger partial charge in [-0.2, -0.15) is 0 Å². The standard InChI is InChI=1S/C19H17ClN2O2/c20-17-8-18-15(16(10-22-18)19(23)24)7-14(17)12-3-1-11(2-4-12)13-5-6-21-9-13/h1-4,7-8,10,13,21-22H,5-6,9H2,(H,23,24)/t13-/m1/s1. The molecule has 0 radical (unpaired) electrons. The molecule has 1 aliphatic rings. The van der Waals surface area contributed by atoms with E-state index in [1.165, 1.54) is 11.8 Å². The van der Waals surface area contributed by atoms with E-state index >= 15 is 0 Å².